The summed E-state index contributed by atoms with van der Waals surface area (Å²) in [4.78, 5) is 26.1. The third-order valence-electron chi connectivity index (χ3n) is 4.22. The lowest BCUT2D eigenvalue weighted by molar-refractivity contribution is -0.134. The second-order valence-corrected chi connectivity index (χ2v) is 6.49. The summed E-state index contributed by atoms with van der Waals surface area (Å²) in [6.07, 6.45) is 0. The number of aryl methyl sites for hydroxylation is 1. The van der Waals surface area contributed by atoms with E-state index in [2.05, 4.69) is 5.32 Å². The molecule has 1 N–H and O–H groups in total. The van der Waals surface area contributed by atoms with Gasteiger partial charge in [0.15, 0.2) is 0 Å². The number of hydrogen-bond acceptors (Lipinski definition) is 3. The Kier molecular flexibility index (Phi) is 6.64. The van der Waals surface area contributed by atoms with Gasteiger partial charge >= 0.3 is 0 Å². The molecule has 0 aromatic heterocycles. The highest BCUT2D eigenvalue weighted by Gasteiger charge is 2.22. The number of carbonyl (C=O) groups excluding carboxylic acids is 2. The van der Waals surface area contributed by atoms with E-state index in [9.17, 15) is 9.59 Å². The number of hydrogen-bond donors (Lipinski definition) is 1. The van der Waals surface area contributed by atoms with Crippen molar-refractivity contribution >= 4 is 29.1 Å². The van der Waals surface area contributed by atoms with Crippen molar-refractivity contribution in [3.8, 4) is 5.75 Å². The van der Waals surface area contributed by atoms with Crippen molar-refractivity contribution in [2.75, 3.05) is 19.0 Å². The molecule has 0 aliphatic rings. The minimum absolute atomic E-state index is 0.0593. The van der Waals surface area contributed by atoms with Gasteiger partial charge in [-0.2, -0.15) is 0 Å². The van der Waals surface area contributed by atoms with Crippen molar-refractivity contribution in [1.29, 1.82) is 0 Å². The highest BCUT2D eigenvalue weighted by molar-refractivity contribution is 6.31. The molecular weight excluding hydrogens is 352 g/mol. The van der Waals surface area contributed by atoms with Crippen LogP contribution in [-0.2, 0) is 9.59 Å². The minimum atomic E-state index is -0.303. The number of carbonyl (C=O) groups is 2. The first-order valence-corrected chi connectivity index (χ1v) is 8.67. The van der Waals surface area contributed by atoms with E-state index in [1.807, 2.05) is 44.2 Å². The first kappa shape index (κ1) is 19.8. The summed E-state index contributed by atoms with van der Waals surface area (Å²) < 4.78 is 5.27. The molecule has 5 nitrogen and oxygen atoms in total. The number of amides is 2. The molecule has 0 saturated heterocycles. The molecule has 2 amide bonds. The largest absolute Gasteiger partial charge is 0.495 e. The second-order valence-electron chi connectivity index (χ2n) is 6.08. The molecule has 0 spiro atoms. The van der Waals surface area contributed by atoms with E-state index in [0.717, 1.165) is 11.1 Å². The van der Waals surface area contributed by atoms with Gasteiger partial charge in [0.2, 0.25) is 11.8 Å². The molecule has 2 aromatic carbocycles. The molecule has 0 aliphatic heterocycles. The first-order chi connectivity index (χ1) is 12.3. The van der Waals surface area contributed by atoms with Crippen LogP contribution in [0.3, 0.4) is 0 Å². The van der Waals surface area contributed by atoms with Crippen LogP contribution in [0.4, 0.5) is 5.69 Å². The van der Waals surface area contributed by atoms with Gasteiger partial charge in [0, 0.05) is 18.0 Å². The summed E-state index contributed by atoms with van der Waals surface area (Å²) in [6, 6.07) is 12.8. The fourth-order valence-electron chi connectivity index (χ4n) is 2.71. The van der Waals surface area contributed by atoms with Crippen molar-refractivity contribution < 1.29 is 14.3 Å². The zero-order valence-electron chi connectivity index (χ0n) is 15.4. The van der Waals surface area contributed by atoms with E-state index < -0.39 is 0 Å². The van der Waals surface area contributed by atoms with E-state index in [1.165, 1.54) is 18.9 Å². The number of ether oxygens (including phenoxy) is 1. The zero-order chi connectivity index (χ0) is 19.3. The first-order valence-electron chi connectivity index (χ1n) is 8.29. The van der Waals surface area contributed by atoms with Crippen molar-refractivity contribution in [2.45, 2.75) is 26.8 Å². The SMILES string of the molecule is COc1cc(Cl)c(C)cc1NC(=O)CN(C(C)=O)C(C)c1ccccc1. The summed E-state index contributed by atoms with van der Waals surface area (Å²) >= 11 is 6.09. The Bertz CT molecular complexity index is 793. The predicted molar refractivity (Wildman–Crippen MR) is 104 cm³/mol. The maximum Gasteiger partial charge on any atom is 0.244 e. The van der Waals surface area contributed by atoms with E-state index in [4.69, 9.17) is 16.3 Å². The lowest BCUT2D eigenvalue weighted by Gasteiger charge is -2.28. The molecular formula is C20H23ClN2O3. The summed E-state index contributed by atoms with van der Waals surface area (Å²) in [5.74, 6) is -0.00167. The summed E-state index contributed by atoms with van der Waals surface area (Å²) in [7, 11) is 1.51. The number of nitrogens with one attached hydrogen (secondary N) is 1. The summed E-state index contributed by atoms with van der Waals surface area (Å²) in [5, 5.41) is 3.36. The van der Waals surface area contributed by atoms with Crippen LogP contribution in [0.15, 0.2) is 42.5 Å². The van der Waals surface area contributed by atoms with Gasteiger partial charge in [0.25, 0.3) is 0 Å². The number of nitrogens with zero attached hydrogens (tertiary/aromatic N) is 1. The van der Waals surface area contributed by atoms with Crippen molar-refractivity contribution in [2.24, 2.45) is 0 Å². The highest BCUT2D eigenvalue weighted by Crippen LogP contribution is 2.31. The molecule has 0 radical (unpaired) electrons. The van der Waals surface area contributed by atoms with Gasteiger partial charge in [0.1, 0.15) is 12.3 Å². The van der Waals surface area contributed by atoms with Crippen LogP contribution < -0.4 is 10.1 Å². The maximum atomic E-state index is 12.5. The molecule has 26 heavy (non-hydrogen) atoms. The number of benzene rings is 2. The second kappa shape index (κ2) is 8.72. The molecule has 1 atom stereocenters. The van der Waals surface area contributed by atoms with Crippen molar-refractivity contribution in [3.63, 3.8) is 0 Å². The molecule has 0 fully saturated rings. The zero-order valence-corrected chi connectivity index (χ0v) is 16.1. The van der Waals surface area contributed by atoms with Crippen molar-refractivity contribution in [3.05, 3.63) is 58.6 Å². The van der Waals surface area contributed by atoms with Crippen LogP contribution in [0.2, 0.25) is 5.02 Å². The van der Waals surface area contributed by atoms with Gasteiger partial charge in [-0.05, 0) is 31.0 Å². The lowest BCUT2D eigenvalue weighted by atomic mass is 10.1. The molecule has 0 heterocycles. The smallest absolute Gasteiger partial charge is 0.244 e. The summed E-state index contributed by atoms with van der Waals surface area (Å²) in [5.41, 5.74) is 2.31. The maximum absolute atomic E-state index is 12.5. The Morgan fingerprint density at radius 3 is 2.46 bits per heavy atom. The monoisotopic (exact) mass is 374 g/mol. The van der Waals surface area contributed by atoms with Crippen molar-refractivity contribution in [1.82, 2.24) is 4.90 Å². The Morgan fingerprint density at radius 1 is 1.23 bits per heavy atom. The van der Waals surface area contributed by atoms with Crippen LogP contribution >= 0.6 is 11.6 Å². The Balaban J connectivity index is 2.16. The number of rotatable bonds is 6. The predicted octanol–water partition coefficient (Wildman–Crippen LogP) is 4.21. The number of halogens is 1. The molecule has 0 saturated carbocycles. The average Bonchev–Trinajstić information content (AvgIpc) is 2.62. The van der Waals surface area contributed by atoms with Gasteiger partial charge in [-0.1, -0.05) is 41.9 Å². The standard InChI is InChI=1S/C20H23ClN2O3/c1-13-10-18(19(26-4)11-17(13)21)22-20(25)12-23(15(3)24)14(2)16-8-6-5-7-9-16/h5-11,14H,12H2,1-4H3,(H,22,25). The van der Waals surface area contributed by atoms with Crippen LogP contribution in [0.1, 0.15) is 31.0 Å². The highest BCUT2D eigenvalue weighted by atomic mass is 35.5. The van der Waals surface area contributed by atoms with Gasteiger partial charge in [-0.15, -0.1) is 0 Å². The Morgan fingerprint density at radius 2 is 1.88 bits per heavy atom. The summed E-state index contributed by atoms with van der Waals surface area (Å²) in [6.45, 7) is 5.14. The normalized spacial score (nSPS) is 11.6. The molecule has 0 aliphatic carbocycles. The topological polar surface area (TPSA) is 58.6 Å². The van der Waals surface area contributed by atoms with Crippen LogP contribution in [0, 0.1) is 6.92 Å². The van der Waals surface area contributed by atoms with E-state index in [0.29, 0.717) is 16.5 Å². The third kappa shape index (κ3) is 4.76. The molecule has 6 heteroatoms. The van der Waals surface area contributed by atoms with Crippen LogP contribution in [0.5, 0.6) is 5.75 Å². The molecule has 2 aromatic rings. The van der Waals surface area contributed by atoms with Gasteiger partial charge in [0.05, 0.1) is 18.8 Å². The van der Waals surface area contributed by atoms with Crippen LogP contribution in [-0.4, -0.2) is 30.4 Å². The Hall–Kier alpha value is -2.53. The minimum Gasteiger partial charge on any atom is -0.495 e. The quantitative estimate of drug-likeness (QED) is 0.824. The van der Waals surface area contributed by atoms with Crippen LogP contribution in [0.25, 0.3) is 0 Å². The average molecular weight is 375 g/mol. The lowest BCUT2D eigenvalue weighted by Crippen LogP contribution is -2.38. The van der Waals surface area contributed by atoms with Gasteiger partial charge in [-0.3, -0.25) is 9.59 Å². The molecule has 138 valence electrons. The number of methoxy groups -OCH3 is 1. The Labute approximate surface area is 158 Å². The van der Waals surface area contributed by atoms with Gasteiger partial charge < -0.3 is 15.0 Å². The molecule has 2 rings (SSSR count). The third-order valence-corrected chi connectivity index (χ3v) is 4.63. The number of anilines is 1. The fraction of sp³-hybridized carbons (Fsp3) is 0.300. The van der Waals surface area contributed by atoms with E-state index in [-0.39, 0.29) is 24.4 Å². The van der Waals surface area contributed by atoms with E-state index >= 15 is 0 Å². The molecule has 1 unspecified atom stereocenters. The molecule has 0 bridgehead atoms. The fourth-order valence-corrected chi connectivity index (χ4v) is 2.86. The van der Waals surface area contributed by atoms with E-state index in [1.54, 1.807) is 12.1 Å². The van der Waals surface area contributed by atoms with Gasteiger partial charge in [-0.25, -0.2) is 0 Å².